The summed E-state index contributed by atoms with van der Waals surface area (Å²) in [5, 5.41) is 11.1. The monoisotopic (exact) mass is 226 g/mol. The minimum atomic E-state index is -0.929. The Kier molecular flexibility index (Phi) is 2.57. The van der Waals surface area contributed by atoms with Crippen LogP contribution in [-0.4, -0.2) is 41.0 Å². The number of carboxylic acid groups (broad SMARTS) is 1. The van der Waals surface area contributed by atoms with Crippen LogP contribution in [0.5, 0.6) is 0 Å². The Bertz CT molecular complexity index is 327. The maximum Gasteiger partial charge on any atom is 0.407 e. The first kappa shape index (κ1) is 10.9. The molecule has 0 saturated carbocycles. The van der Waals surface area contributed by atoms with Crippen molar-refractivity contribution in [3.63, 3.8) is 0 Å². The molecule has 0 bridgehead atoms. The van der Waals surface area contributed by atoms with E-state index in [9.17, 15) is 14.4 Å². The van der Waals surface area contributed by atoms with Crippen molar-refractivity contribution in [3.8, 4) is 0 Å². The summed E-state index contributed by atoms with van der Waals surface area (Å²) in [6.07, 6.45) is 0.941. The molecule has 6 heteroatoms. The standard InChI is InChI=1S/C10H14N2O4/c13-7-5-10(6-8(14)11-7)1-3-12(4-2-10)9(15)16/h1-6H2,(H,15,16)(H,11,13,14). The van der Waals surface area contributed by atoms with Crippen molar-refractivity contribution in [1.82, 2.24) is 10.2 Å². The zero-order chi connectivity index (χ0) is 11.8. The molecular formula is C10H14N2O4. The third-order valence-electron chi connectivity index (χ3n) is 3.44. The molecule has 0 atom stereocenters. The quantitative estimate of drug-likeness (QED) is 0.577. The van der Waals surface area contributed by atoms with E-state index in [0.29, 0.717) is 38.8 Å². The van der Waals surface area contributed by atoms with Gasteiger partial charge in [-0.05, 0) is 18.3 Å². The summed E-state index contributed by atoms with van der Waals surface area (Å²) in [7, 11) is 0. The fourth-order valence-corrected chi connectivity index (χ4v) is 2.51. The van der Waals surface area contributed by atoms with Crippen molar-refractivity contribution >= 4 is 17.9 Å². The fraction of sp³-hybridized carbons (Fsp3) is 0.700. The summed E-state index contributed by atoms with van der Waals surface area (Å²) in [4.78, 5) is 34.7. The third kappa shape index (κ3) is 2.00. The largest absolute Gasteiger partial charge is 0.465 e. The molecule has 2 saturated heterocycles. The lowest BCUT2D eigenvalue weighted by Gasteiger charge is -2.42. The molecule has 2 aliphatic rings. The highest BCUT2D eigenvalue weighted by Crippen LogP contribution is 2.40. The zero-order valence-electron chi connectivity index (χ0n) is 8.86. The number of piperidine rings is 2. The SMILES string of the molecule is O=C1CC2(CCN(C(=O)O)CC2)CC(=O)N1. The van der Waals surface area contributed by atoms with Crippen LogP contribution in [0.4, 0.5) is 4.79 Å². The van der Waals surface area contributed by atoms with Crippen LogP contribution < -0.4 is 5.32 Å². The van der Waals surface area contributed by atoms with Gasteiger partial charge >= 0.3 is 6.09 Å². The van der Waals surface area contributed by atoms with Gasteiger partial charge in [-0.3, -0.25) is 14.9 Å². The molecule has 0 aromatic rings. The Morgan fingerprint density at radius 2 is 1.69 bits per heavy atom. The van der Waals surface area contributed by atoms with Crippen LogP contribution in [0.1, 0.15) is 25.7 Å². The molecule has 2 heterocycles. The van der Waals surface area contributed by atoms with Gasteiger partial charge in [-0.25, -0.2) is 4.79 Å². The second-order valence-electron chi connectivity index (χ2n) is 4.59. The average molecular weight is 226 g/mol. The van der Waals surface area contributed by atoms with Gasteiger partial charge in [-0.2, -0.15) is 0 Å². The van der Waals surface area contributed by atoms with Crippen molar-refractivity contribution in [3.05, 3.63) is 0 Å². The van der Waals surface area contributed by atoms with E-state index in [1.54, 1.807) is 0 Å². The number of nitrogens with zero attached hydrogens (tertiary/aromatic N) is 1. The van der Waals surface area contributed by atoms with Crippen LogP contribution in [0.3, 0.4) is 0 Å². The molecule has 2 fully saturated rings. The van der Waals surface area contributed by atoms with E-state index in [2.05, 4.69) is 5.32 Å². The third-order valence-corrected chi connectivity index (χ3v) is 3.44. The minimum absolute atomic E-state index is 0.236. The molecule has 1 spiro atoms. The number of hydrogen-bond acceptors (Lipinski definition) is 3. The Hall–Kier alpha value is -1.59. The van der Waals surface area contributed by atoms with Crippen LogP contribution >= 0.6 is 0 Å². The highest BCUT2D eigenvalue weighted by molar-refractivity contribution is 5.98. The van der Waals surface area contributed by atoms with E-state index in [-0.39, 0.29) is 17.2 Å². The van der Waals surface area contributed by atoms with Gasteiger partial charge in [0.15, 0.2) is 0 Å². The fourth-order valence-electron chi connectivity index (χ4n) is 2.51. The predicted octanol–water partition coefficient (Wildman–Crippen LogP) is 0.183. The Labute approximate surface area is 92.6 Å². The van der Waals surface area contributed by atoms with E-state index in [1.807, 2.05) is 0 Å². The second kappa shape index (κ2) is 3.77. The summed E-state index contributed by atoms with van der Waals surface area (Å²) in [5.74, 6) is -0.472. The van der Waals surface area contributed by atoms with Gasteiger partial charge in [0.2, 0.25) is 11.8 Å². The van der Waals surface area contributed by atoms with E-state index >= 15 is 0 Å². The molecule has 0 radical (unpaired) electrons. The van der Waals surface area contributed by atoms with Gasteiger partial charge < -0.3 is 10.0 Å². The summed E-state index contributed by atoms with van der Waals surface area (Å²) >= 11 is 0. The van der Waals surface area contributed by atoms with E-state index in [4.69, 9.17) is 5.11 Å². The Balaban J connectivity index is 2.03. The summed E-state index contributed by atoms with van der Waals surface area (Å²) in [5.41, 5.74) is -0.300. The molecule has 0 aromatic heterocycles. The van der Waals surface area contributed by atoms with E-state index in [0.717, 1.165) is 0 Å². The van der Waals surface area contributed by atoms with Crippen LogP contribution in [0.25, 0.3) is 0 Å². The summed E-state index contributed by atoms with van der Waals surface area (Å²) in [6.45, 7) is 0.825. The number of nitrogens with one attached hydrogen (secondary N) is 1. The molecule has 2 aliphatic heterocycles. The first-order chi connectivity index (χ1) is 7.51. The number of carbonyl (C=O) groups is 3. The van der Waals surface area contributed by atoms with Crippen LogP contribution in [0.2, 0.25) is 0 Å². The van der Waals surface area contributed by atoms with Crippen molar-refractivity contribution in [1.29, 1.82) is 0 Å². The zero-order valence-corrected chi connectivity index (χ0v) is 8.86. The number of amides is 3. The highest BCUT2D eigenvalue weighted by Gasteiger charge is 2.42. The minimum Gasteiger partial charge on any atom is -0.465 e. The Morgan fingerprint density at radius 1 is 1.19 bits per heavy atom. The van der Waals surface area contributed by atoms with Gasteiger partial charge in [0.1, 0.15) is 0 Å². The van der Waals surface area contributed by atoms with Gasteiger partial charge in [-0.1, -0.05) is 0 Å². The summed E-state index contributed by atoms with van der Waals surface area (Å²) < 4.78 is 0. The molecule has 0 aromatic carbocycles. The lowest BCUT2D eigenvalue weighted by molar-refractivity contribution is -0.139. The van der Waals surface area contributed by atoms with Gasteiger partial charge in [0.25, 0.3) is 0 Å². The molecular weight excluding hydrogens is 212 g/mol. The number of imide groups is 1. The van der Waals surface area contributed by atoms with Crippen molar-refractivity contribution in [2.45, 2.75) is 25.7 Å². The van der Waals surface area contributed by atoms with Crippen LogP contribution in [-0.2, 0) is 9.59 Å². The molecule has 6 nitrogen and oxygen atoms in total. The van der Waals surface area contributed by atoms with Crippen molar-refractivity contribution in [2.24, 2.45) is 5.41 Å². The van der Waals surface area contributed by atoms with Crippen molar-refractivity contribution < 1.29 is 19.5 Å². The maximum absolute atomic E-state index is 11.3. The number of hydrogen-bond donors (Lipinski definition) is 2. The normalized spacial score (nSPS) is 24.4. The molecule has 2 rings (SSSR count). The number of rotatable bonds is 0. The predicted molar refractivity (Wildman–Crippen MR) is 53.6 cm³/mol. The Morgan fingerprint density at radius 3 is 2.12 bits per heavy atom. The van der Waals surface area contributed by atoms with Crippen molar-refractivity contribution in [2.75, 3.05) is 13.1 Å². The average Bonchev–Trinajstić information content (AvgIpc) is 2.16. The van der Waals surface area contributed by atoms with Gasteiger partial charge in [-0.15, -0.1) is 0 Å². The number of likely N-dealkylation sites (tertiary alicyclic amines) is 1. The summed E-state index contributed by atoms with van der Waals surface area (Å²) in [6, 6.07) is 0. The molecule has 88 valence electrons. The topological polar surface area (TPSA) is 86.7 Å². The van der Waals surface area contributed by atoms with E-state index < -0.39 is 6.09 Å². The first-order valence-corrected chi connectivity index (χ1v) is 5.31. The maximum atomic E-state index is 11.3. The second-order valence-corrected chi connectivity index (χ2v) is 4.59. The van der Waals surface area contributed by atoms with Gasteiger partial charge in [0, 0.05) is 25.9 Å². The van der Waals surface area contributed by atoms with Crippen LogP contribution in [0, 0.1) is 5.41 Å². The molecule has 3 amide bonds. The smallest absolute Gasteiger partial charge is 0.407 e. The first-order valence-electron chi connectivity index (χ1n) is 5.31. The molecule has 2 N–H and O–H groups in total. The van der Waals surface area contributed by atoms with Gasteiger partial charge in [0.05, 0.1) is 0 Å². The lowest BCUT2D eigenvalue weighted by Crippen LogP contribution is -2.50. The highest BCUT2D eigenvalue weighted by atomic mass is 16.4. The molecule has 0 unspecified atom stereocenters. The lowest BCUT2D eigenvalue weighted by atomic mass is 9.71. The molecule has 16 heavy (non-hydrogen) atoms. The molecule has 0 aliphatic carbocycles. The van der Waals surface area contributed by atoms with Crippen LogP contribution in [0.15, 0.2) is 0 Å². The van der Waals surface area contributed by atoms with E-state index in [1.165, 1.54) is 4.90 Å². The number of carbonyl (C=O) groups excluding carboxylic acids is 2.